The number of carbonyl (C=O) groups is 2. The molecular formula is C31H31N5O3. The van der Waals surface area contributed by atoms with Crippen molar-refractivity contribution in [1.29, 1.82) is 0 Å². The van der Waals surface area contributed by atoms with E-state index < -0.39 is 12.0 Å². The number of aryl methyl sites for hydroxylation is 3. The Hall–Kier alpha value is -4.85. The fraction of sp³-hybridized carbons (Fsp3) is 0.194. The summed E-state index contributed by atoms with van der Waals surface area (Å²) in [5, 5.41) is 15.8. The smallest absolute Gasteiger partial charge is 0.326 e. The van der Waals surface area contributed by atoms with Gasteiger partial charge in [0, 0.05) is 30.4 Å². The second-order valence-corrected chi connectivity index (χ2v) is 9.92. The number of carboxylic acid groups (broad SMARTS) is 1. The number of H-pyrrole nitrogens is 2. The van der Waals surface area contributed by atoms with Gasteiger partial charge in [-0.05, 0) is 66.8 Å². The van der Waals surface area contributed by atoms with Crippen LogP contribution >= 0.6 is 0 Å². The van der Waals surface area contributed by atoms with Gasteiger partial charge >= 0.3 is 5.97 Å². The van der Waals surface area contributed by atoms with Crippen LogP contribution in [0.3, 0.4) is 0 Å². The highest BCUT2D eigenvalue weighted by Gasteiger charge is 2.23. The molecule has 0 aliphatic rings. The zero-order valence-corrected chi connectivity index (χ0v) is 22.1. The van der Waals surface area contributed by atoms with Crippen LogP contribution in [0.5, 0.6) is 0 Å². The average molecular weight is 522 g/mol. The predicted molar refractivity (Wildman–Crippen MR) is 153 cm³/mol. The van der Waals surface area contributed by atoms with E-state index in [4.69, 9.17) is 0 Å². The Bertz CT molecular complexity index is 1590. The Labute approximate surface area is 226 Å². The number of nitrogens with one attached hydrogen (secondary N) is 4. The first-order valence-corrected chi connectivity index (χ1v) is 12.8. The highest BCUT2D eigenvalue weighted by molar-refractivity contribution is 5.99. The second-order valence-electron chi connectivity index (χ2n) is 9.92. The lowest BCUT2D eigenvalue weighted by atomic mass is 9.98. The molecule has 0 aliphatic heterocycles. The quantitative estimate of drug-likeness (QED) is 0.175. The van der Waals surface area contributed by atoms with Crippen LogP contribution in [0.25, 0.3) is 22.3 Å². The van der Waals surface area contributed by atoms with Crippen LogP contribution in [0, 0.1) is 20.8 Å². The van der Waals surface area contributed by atoms with Crippen LogP contribution in [0.4, 0.5) is 5.95 Å². The van der Waals surface area contributed by atoms with Crippen LogP contribution in [0.2, 0.25) is 0 Å². The van der Waals surface area contributed by atoms with E-state index in [1.165, 1.54) is 0 Å². The van der Waals surface area contributed by atoms with Gasteiger partial charge in [0.15, 0.2) is 0 Å². The van der Waals surface area contributed by atoms with Crippen molar-refractivity contribution >= 4 is 28.9 Å². The third-order valence-electron chi connectivity index (χ3n) is 6.80. The zero-order valence-electron chi connectivity index (χ0n) is 22.1. The average Bonchev–Trinajstić information content (AvgIpc) is 3.54. The third-order valence-corrected chi connectivity index (χ3v) is 6.80. The summed E-state index contributed by atoms with van der Waals surface area (Å²) >= 11 is 0. The van der Waals surface area contributed by atoms with E-state index in [1.807, 2.05) is 87.6 Å². The lowest BCUT2D eigenvalue weighted by molar-refractivity contribution is -0.139. The minimum Gasteiger partial charge on any atom is -0.480 e. The fourth-order valence-corrected chi connectivity index (χ4v) is 4.95. The first kappa shape index (κ1) is 25.8. The Morgan fingerprint density at radius 2 is 1.67 bits per heavy atom. The fourth-order valence-electron chi connectivity index (χ4n) is 4.95. The van der Waals surface area contributed by atoms with Gasteiger partial charge in [0.25, 0.3) is 5.91 Å². The predicted octanol–water partition coefficient (Wildman–Crippen LogP) is 5.52. The van der Waals surface area contributed by atoms with Crippen molar-refractivity contribution in [2.45, 2.75) is 39.8 Å². The topological polar surface area (TPSA) is 123 Å². The largest absolute Gasteiger partial charge is 0.480 e. The summed E-state index contributed by atoms with van der Waals surface area (Å²) in [4.78, 5) is 36.0. The molecule has 2 aromatic heterocycles. The lowest BCUT2D eigenvalue weighted by Gasteiger charge is -2.17. The number of aromatic amines is 2. The van der Waals surface area contributed by atoms with E-state index in [-0.39, 0.29) is 12.3 Å². The van der Waals surface area contributed by atoms with Gasteiger partial charge in [-0.1, -0.05) is 54.1 Å². The molecule has 198 valence electrons. The summed E-state index contributed by atoms with van der Waals surface area (Å²) in [7, 11) is 0. The molecular weight excluding hydrogens is 490 g/mol. The number of carbonyl (C=O) groups excluding carboxylic acids is 1. The summed E-state index contributed by atoms with van der Waals surface area (Å²) in [5.74, 6) is -0.721. The lowest BCUT2D eigenvalue weighted by Crippen LogP contribution is -2.42. The molecule has 5 N–H and O–H groups in total. The minimum absolute atomic E-state index is 0.183. The number of carboxylic acids is 1. The van der Waals surface area contributed by atoms with Crippen molar-refractivity contribution in [3.05, 3.63) is 106 Å². The van der Waals surface area contributed by atoms with E-state index >= 15 is 0 Å². The molecule has 0 fully saturated rings. The van der Waals surface area contributed by atoms with Gasteiger partial charge in [-0.25, -0.2) is 9.78 Å². The van der Waals surface area contributed by atoms with E-state index in [2.05, 4.69) is 31.7 Å². The molecule has 5 aromatic rings. The van der Waals surface area contributed by atoms with E-state index in [0.29, 0.717) is 12.1 Å². The Kier molecular flexibility index (Phi) is 7.19. The molecule has 0 aliphatic carbocycles. The van der Waals surface area contributed by atoms with Crippen molar-refractivity contribution in [2.24, 2.45) is 0 Å². The highest BCUT2D eigenvalue weighted by atomic mass is 16.4. The van der Waals surface area contributed by atoms with Crippen LogP contribution in [0.1, 0.15) is 38.2 Å². The summed E-state index contributed by atoms with van der Waals surface area (Å²) in [6.45, 7) is 6.31. The second kappa shape index (κ2) is 10.9. The molecule has 1 atom stereocenters. The summed E-state index contributed by atoms with van der Waals surface area (Å²) in [5.41, 5.74) is 8.99. The number of nitrogens with zero attached hydrogens (tertiary/aromatic N) is 1. The van der Waals surface area contributed by atoms with Crippen molar-refractivity contribution in [2.75, 3.05) is 5.32 Å². The molecule has 3 aromatic carbocycles. The maximum absolute atomic E-state index is 12.9. The van der Waals surface area contributed by atoms with Gasteiger partial charge < -0.3 is 25.7 Å². The summed E-state index contributed by atoms with van der Waals surface area (Å²) in [6, 6.07) is 20.5. The maximum atomic E-state index is 12.9. The van der Waals surface area contributed by atoms with Crippen molar-refractivity contribution in [3.63, 3.8) is 0 Å². The molecule has 39 heavy (non-hydrogen) atoms. The molecule has 1 unspecified atom stereocenters. The maximum Gasteiger partial charge on any atom is 0.326 e. The van der Waals surface area contributed by atoms with Crippen LogP contribution < -0.4 is 10.6 Å². The van der Waals surface area contributed by atoms with E-state index in [1.54, 1.807) is 0 Å². The molecule has 0 bridgehead atoms. The third kappa shape index (κ3) is 5.85. The van der Waals surface area contributed by atoms with Crippen molar-refractivity contribution in [1.82, 2.24) is 20.3 Å². The number of hydrogen-bond donors (Lipinski definition) is 5. The Morgan fingerprint density at radius 1 is 0.949 bits per heavy atom. The molecule has 0 saturated heterocycles. The van der Waals surface area contributed by atoms with Crippen molar-refractivity contribution < 1.29 is 14.7 Å². The molecule has 8 nitrogen and oxygen atoms in total. The standard InChI is InChI=1S/C31H31N5O3/c1-18-12-19(2)28(20(3)13-18)29(37)34-27(30(38)39)14-21-8-10-23(11-9-21)26-15-22(16-32-26)17-33-31-35-24-6-4-5-7-25(24)36-31/h4-13,15-16,27,32H,14,17H2,1-3H3,(H,34,37)(H,38,39)(H2,33,35,36). The Balaban J connectivity index is 1.22. The van der Waals surface area contributed by atoms with Crippen LogP contribution in [-0.2, 0) is 17.8 Å². The first-order chi connectivity index (χ1) is 18.8. The van der Waals surface area contributed by atoms with E-state index in [0.717, 1.165) is 56.1 Å². The molecule has 0 saturated carbocycles. The molecule has 8 heteroatoms. The number of hydrogen-bond acceptors (Lipinski definition) is 4. The molecule has 0 radical (unpaired) electrons. The van der Waals surface area contributed by atoms with Gasteiger partial charge in [0.1, 0.15) is 6.04 Å². The summed E-state index contributed by atoms with van der Waals surface area (Å²) < 4.78 is 0. The zero-order chi connectivity index (χ0) is 27.5. The number of aliphatic carboxylic acids is 1. The number of anilines is 1. The normalized spacial score (nSPS) is 11.9. The number of aromatic nitrogens is 3. The highest BCUT2D eigenvalue weighted by Crippen LogP contribution is 2.22. The van der Waals surface area contributed by atoms with E-state index in [9.17, 15) is 14.7 Å². The van der Waals surface area contributed by atoms with Gasteiger partial charge in [-0.15, -0.1) is 0 Å². The van der Waals surface area contributed by atoms with Crippen LogP contribution in [-0.4, -0.2) is 38.0 Å². The van der Waals surface area contributed by atoms with Gasteiger partial charge in [0.05, 0.1) is 11.0 Å². The van der Waals surface area contributed by atoms with Gasteiger partial charge in [-0.3, -0.25) is 4.79 Å². The molecule has 5 rings (SSSR count). The first-order valence-electron chi connectivity index (χ1n) is 12.8. The van der Waals surface area contributed by atoms with Gasteiger partial charge in [0.2, 0.25) is 5.95 Å². The van der Waals surface area contributed by atoms with Gasteiger partial charge in [-0.2, -0.15) is 0 Å². The minimum atomic E-state index is -1.07. The summed E-state index contributed by atoms with van der Waals surface area (Å²) in [6.07, 6.45) is 2.13. The number of rotatable bonds is 9. The number of amides is 1. The van der Waals surface area contributed by atoms with Crippen molar-refractivity contribution in [3.8, 4) is 11.3 Å². The number of fused-ring (bicyclic) bond motifs is 1. The number of benzene rings is 3. The SMILES string of the molecule is Cc1cc(C)c(C(=O)NC(Cc2ccc(-c3cc(CNc4nc5ccccc5[nH]4)c[nH]3)cc2)C(=O)O)c(C)c1. The monoisotopic (exact) mass is 521 g/mol. The molecule has 2 heterocycles. The Morgan fingerprint density at radius 3 is 2.36 bits per heavy atom. The molecule has 0 spiro atoms. The molecule has 1 amide bonds. The number of para-hydroxylation sites is 2. The number of imidazole rings is 1. The van der Waals surface area contributed by atoms with Crippen LogP contribution in [0.15, 0.2) is 72.9 Å².